The summed E-state index contributed by atoms with van der Waals surface area (Å²) in [4.78, 5) is 0. The summed E-state index contributed by atoms with van der Waals surface area (Å²) in [6.45, 7) is 3.35. The molecular weight excluding hydrogens is 593 g/mol. The second kappa shape index (κ2) is 14.0. The molecule has 2 aliphatic carbocycles. The molecule has 2 aromatic carbocycles. The van der Waals surface area contributed by atoms with Crippen LogP contribution in [0.5, 0.6) is 5.75 Å². The minimum atomic E-state index is -5.14. The van der Waals surface area contributed by atoms with Gasteiger partial charge in [-0.3, -0.25) is 0 Å². The van der Waals surface area contributed by atoms with E-state index >= 15 is 4.39 Å². The summed E-state index contributed by atoms with van der Waals surface area (Å²) < 4.78 is 116. The van der Waals surface area contributed by atoms with Crippen LogP contribution in [0, 0.1) is 29.4 Å². The maximum atomic E-state index is 15.2. The summed E-state index contributed by atoms with van der Waals surface area (Å²) in [6.07, 6.45) is -2.42. The van der Waals surface area contributed by atoms with E-state index in [-0.39, 0.29) is 11.7 Å². The van der Waals surface area contributed by atoms with E-state index in [1.54, 1.807) is 0 Å². The molecule has 4 nitrogen and oxygen atoms in total. The number of halogens is 7. The molecule has 11 heteroatoms. The van der Waals surface area contributed by atoms with Gasteiger partial charge in [-0.15, -0.1) is 13.2 Å². The summed E-state index contributed by atoms with van der Waals surface area (Å²) in [7, 11) is 0. The first-order valence-electron chi connectivity index (χ1n) is 15.6. The Morgan fingerprint density at radius 2 is 1.41 bits per heavy atom. The third-order valence-electron chi connectivity index (χ3n) is 9.37. The molecule has 0 spiro atoms. The molecule has 5 rings (SSSR count). The molecule has 0 aromatic heterocycles. The number of hydrogen-bond donors (Lipinski definition) is 0. The molecule has 2 aromatic rings. The van der Waals surface area contributed by atoms with Gasteiger partial charge in [0.25, 0.3) is 0 Å². The van der Waals surface area contributed by atoms with Gasteiger partial charge in [0.05, 0.1) is 24.9 Å². The summed E-state index contributed by atoms with van der Waals surface area (Å²) in [6, 6.07) is 6.77. The van der Waals surface area contributed by atoms with Crippen molar-refractivity contribution in [2.24, 2.45) is 17.8 Å². The molecule has 3 fully saturated rings. The van der Waals surface area contributed by atoms with Crippen molar-refractivity contribution in [3.8, 4) is 5.75 Å². The van der Waals surface area contributed by atoms with Crippen LogP contribution in [0.3, 0.4) is 0 Å². The molecule has 0 amide bonds. The van der Waals surface area contributed by atoms with Gasteiger partial charge in [0.2, 0.25) is 0 Å². The highest BCUT2D eigenvalue weighted by atomic mass is 19.4. The van der Waals surface area contributed by atoms with Crippen LogP contribution in [0.25, 0.3) is 0 Å². The molecule has 1 aliphatic heterocycles. The van der Waals surface area contributed by atoms with Crippen molar-refractivity contribution in [1.82, 2.24) is 0 Å². The molecule has 3 aliphatic rings. The third-order valence-corrected chi connectivity index (χ3v) is 9.37. The van der Waals surface area contributed by atoms with Gasteiger partial charge < -0.3 is 18.9 Å². The first-order chi connectivity index (χ1) is 20.9. The van der Waals surface area contributed by atoms with Gasteiger partial charge in [0.1, 0.15) is 5.82 Å². The molecule has 44 heavy (non-hydrogen) atoms. The van der Waals surface area contributed by atoms with Crippen LogP contribution in [0.15, 0.2) is 36.4 Å². The van der Waals surface area contributed by atoms with E-state index in [1.165, 1.54) is 6.07 Å². The van der Waals surface area contributed by atoms with Crippen LogP contribution in [0.1, 0.15) is 100 Å². The molecule has 1 saturated heterocycles. The fourth-order valence-electron chi connectivity index (χ4n) is 7.08. The standard InChI is InChI=1S/C33H39F7O4/c1-2-3-20-18-41-31(42-19-20)24-10-14-27(28(34)16-24)23-6-4-21(5-7-23)22-8-12-26(13-9-22)43-32(36,37)25-11-15-30(29(35)17-25)44-33(38,39)40/h10-11,14-17,20-23,26,31H,2-9,12-13,18-19H2,1H3. The molecule has 0 atom stereocenters. The monoisotopic (exact) mass is 632 g/mol. The van der Waals surface area contributed by atoms with E-state index in [1.807, 2.05) is 12.1 Å². The third kappa shape index (κ3) is 8.26. The maximum Gasteiger partial charge on any atom is 0.573 e. The molecular formula is C33H39F7O4. The lowest BCUT2D eigenvalue weighted by molar-refractivity contribution is -0.278. The molecule has 2 saturated carbocycles. The van der Waals surface area contributed by atoms with Crippen LogP contribution >= 0.6 is 0 Å². The minimum absolute atomic E-state index is 0.120. The van der Waals surface area contributed by atoms with Crippen molar-refractivity contribution < 1.29 is 49.7 Å². The average Bonchev–Trinajstić information content (AvgIpc) is 2.98. The predicted octanol–water partition coefficient (Wildman–Crippen LogP) is 9.92. The van der Waals surface area contributed by atoms with Crippen molar-refractivity contribution in [1.29, 1.82) is 0 Å². The van der Waals surface area contributed by atoms with Gasteiger partial charge in [-0.2, -0.15) is 8.78 Å². The van der Waals surface area contributed by atoms with Gasteiger partial charge in [-0.1, -0.05) is 25.5 Å². The Labute approximate surface area is 253 Å². The highest BCUT2D eigenvalue weighted by molar-refractivity contribution is 5.31. The lowest BCUT2D eigenvalue weighted by Crippen LogP contribution is -2.32. The Bertz CT molecular complexity index is 1230. The van der Waals surface area contributed by atoms with Crippen molar-refractivity contribution in [2.75, 3.05) is 13.2 Å². The second-order valence-corrected chi connectivity index (χ2v) is 12.4. The topological polar surface area (TPSA) is 36.9 Å². The summed E-state index contributed by atoms with van der Waals surface area (Å²) in [5.41, 5.74) is 0.530. The zero-order valence-electron chi connectivity index (χ0n) is 24.7. The van der Waals surface area contributed by atoms with Crippen molar-refractivity contribution >= 4 is 0 Å². The first-order valence-corrected chi connectivity index (χ1v) is 15.6. The van der Waals surface area contributed by atoms with E-state index in [0.717, 1.165) is 38.5 Å². The lowest BCUT2D eigenvalue weighted by Gasteiger charge is -2.38. The highest BCUT2D eigenvalue weighted by Gasteiger charge is 2.40. The molecule has 0 N–H and O–H groups in total. The number of ether oxygens (including phenoxy) is 4. The van der Waals surface area contributed by atoms with Gasteiger partial charge in [-0.25, -0.2) is 8.78 Å². The number of benzene rings is 2. The van der Waals surface area contributed by atoms with Gasteiger partial charge >= 0.3 is 12.5 Å². The Hall–Kier alpha value is -2.37. The van der Waals surface area contributed by atoms with Crippen LogP contribution in [0.4, 0.5) is 30.7 Å². The first kappa shape index (κ1) is 33.0. The van der Waals surface area contributed by atoms with E-state index in [4.69, 9.17) is 14.2 Å². The summed E-state index contributed by atoms with van der Waals surface area (Å²) in [5, 5.41) is 0. The summed E-state index contributed by atoms with van der Waals surface area (Å²) in [5.74, 6) is -1.71. The largest absolute Gasteiger partial charge is 0.573 e. The fourth-order valence-corrected chi connectivity index (χ4v) is 7.08. The Morgan fingerprint density at radius 1 is 0.773 bits per heavy atom. The highest BCUT2D eigenvalue weighted by Crippen LogP contribution is 2.45. The van der Waals surface area contributed by atoms with Gasteiger partial charge in [-0.05, 0) is 105 Å². The fraction of sp³-hybridized carbons (Fsp3) is 0.636. The predicted molar refractivity (Wildman–Crippen MR) is 148 cm³/mol. The Morgan fingerprint density at radius 3 is 1.98 bits per heavy atom. The minimum Gasteiger partial charge on any atom is -0.403 e. The SMILES string of the molecule is CCCC1COC(c2ccc(C3CCC(C4CCC(OC(F)(F)c5ccc(OC(F)(F)F)c(F)c5)CC4)CC3)c(F)c2)OC1. The van der Waals surface area contributed by atoms with Crippen LogP contribution in [-0.2, 0) is 20.3 Å². The zero-order chi connectivity index (χ0) is 31.5. The van der Waals surface area contributed by atoms with E-state index in [2.05, 4.69) is 11.7 Å². The van der Waals surface area contributed by atoms with Crippen molar-refractivity contribution in [2.45, 2.75) is 102 Å². The van der Waals surface area contributed by atoms with Crippen LogP contribution in [0.2, 0.25) is 0 Å². The van der Waals surface area contributed by atoms with Crippen LogP contribution in [-0.4, -0.2) is 25.7 Å². The molecule has 1 heterocycles. The maximum absolute atomic E-state index is 15.2. The van der Waals surface area contributed by atoms with E-state index in [9.17, 15) is 26.3 Å². The average molecular weight is 633 g/mol. The number of alkyl halides is 5. The van der Waals surface area contributed by atoms with Crippen molar-refractivity contribution in [3.05, 3.63) is 64.7 Å². The molecule has 244 valence electrons. The summed E-state index contributed by atoms with van der Waals surface area (Å²) >= 11 is 0. The lowest BCUT2D eigenvalue weighted by atomic mass is 9.69. The second-order valence-electron chi connectivity index (χ2n) is 12.4. The Kier molecular flexibility index (Phi) is 10.5. The van der Waals surface area contributed by atoms with E-state index < -0.39 is 42.0 Å². The van der Waals surface area contributed by atoms with Gasteiger partial charge in [0.15, 0.2) is 17.9 Å². The smallest absolute Gasteiger partial charge is 0.403 e. The molecule has 0 bridgehead atoms. The normalized spacial score (nSPS) is 28.5. The molecule has 0 radical (unpaired) electrons. The van der Waals surface area contributed by atoms with E-state index in [0.29, 0.717) is 86.0 Å². The van der Waals surface area contributed by atoms with Crippen LogP contribution < -0.4 is 4.74 Å². The van der Waals surface area contributed by atoms with Gasteiger partial charge in [0, 0.05) is 11.5 Å². The molecule has 0 unspecified atom stereocenters. The quantitative estimate of drug-likeness (QED) is 0.258. The Balaban J connectivity index is 1.08. The van der Waals surface area contributed by atoms with Crippen molar-refractivity contribution in [3.63, 3.8) is 0 Å². The zero-order valence-corrected chi connectivity index (χ0v) is 24.7. The number of rotatable bonds is 9. The number of hydrogen-bond acceptors (Lipinski definition) is 4.